The lowest BCUT2D eigenvalue weighted by Gasteiger charge is -2.16. The van der Waals surface area contributed by atoms with E-state index in [0.717, 1.165) is 31.5 Å². The van der Waals surface area contributed by atoms with Gasteiger partial charge in [0.05, 0.1) is 0 Å². The second-order valence-electron chi connectivity index (χ2n) is 5.15. The van der Waals surface area contributed by atoms with Crippen molar-refractivity contribution in [1.82, 2.24) is 9.97 Å². The van der Waals surface area contributed by atoms with Gasteiger partial charge in [-0.2, -0.15) is 4.98 Å². The number of nitrogens with zero attached hydrogens (tertiary/aromatic N) is 2. The highest BCUT2D eigenvalue weighted by molar-refractivity contribution is 5.68. The van der Waals surface area contributed by atoms with Crippen LogP contribution in [0.1, 0.15) is 18.4 Å². The number of hydrogen-bond donors (Lipinski definition) is 2. The Morgan fingerprint density at radius 3 is 2.45 bits per heavy atom. The molecule has 2 heterocycles. The van der Waals surface area contributed by atoms with Gasteiger partial charge in [0.25, 0.3) is 5.56 Å². The van der Waals surface area contributed by atoms with Gasteiger partial charge in [-0.25, -0.2) is 0 Å². The van der Waals surface area contributed by atoms with E-state index in [-0.39, 0.29) is 17.0 Å². The van der Waals surface area contributed by atoms with Crippen LogP contribution in [0.4, 0.5) is 5.95 Å². The summed E-state index contributed by atoms with van der Waals surface area (Å²) < 4.78 is 0. The lowest BCUT2D eigenvalue weighted by Crippen LogP contribution is -2.24. The van der Waals surface area contributed by atoms with Crippen molar-refractivity contribution in [2.45, 2.75) is 19.8 Å². The molecule has 1 fully saturated rings. The molecule has 1 aliphatic rings. The predicted octanol–water partition coefficient (Wildman–Crippen LogP) is 2.05. The number of hydrogen-bond acceptors (Lipinski definition) is 4. The summed E-state index contributed by atoms with van der Waals surface area (Å²) in [6, 6.07) is 7.44. The molecular formula is C15H17N3O2. The molecule has 0 radical (unpaired) electrons. The standard InChI is InChI=1S/C15H17N3O2/c1-10-4-6-11(7-5-10)12-13(19)16-15(17-14(12)20)18-8-2-3-9-18/h4-7H,2-3,8-9H2,1H3,(H2,16,17,19,20). The predicted molar refractivity (Wildman–Crippen MR) is 78.1 cm³/mol. The molecule has 1 aromatic heterocycles. The van der Waals surface area contributed by atoms with E-state index in [1.54, 1.807) is 0 Å². The number of benzene rings is 1. The molecule has 5 nitrogen and oxygen atoms in total. The number of aromatic nitrogens is 2. The average molecular weight is 271 g/mol. The third-order valence-corrected chi connectivity index (χ3v) is 3.63. The average Bonchev–Trinajstić information content (AvgIpc) is 2.94. The molecule has 0 bridgehead atoms. The number of anilines is 1. The zero-order valence-electron chi connectivity index (χ0n) is 11.4. The first-order chi connectivity index (χ1) is 9.65. The summed E-state index contributed by atoms with van der Waals surface area (Å²) >= 11 is 0. The van der Waals surface area contributed by atoms with Gasteiger partial charge in [-0.1, -0.05) is 29.8 Å². The van der Waals surface area contributed by atoms with E-state index >= 15 is 0 Å². The molecule has 0 amide bonds. The highest BCUT2D eigenvalue weighted by atomic mass is 16.3. The summed E-state index contributed by atoms with van der Waals surface area (Å²) in [5, 5.41) is 10.1. The zero-order chi connectivity index (χ0) is 14.1. The summed E-state index contributed by atoms with van der Waals surface area (Å²) in [5.74, 6) is 0.250. The second-order valence-corrected chi connectivity index (χ2v) is 5.15. The van der Waals surface area contributed by atoms with Gasteiger partial charge < -0.3 is 10.0 Å². The highest BCUT2D eigenvalue weighted by Crippen LogP contribution is 2.26. The molecular weight excluding hydrogens is 254 g/mol. The Hall–Kier alpha value is -2.30. The van der Waals surface area contributed by atoms with Crippen molar-refractivity contribution in [2.24, 2.45) is 0 Å². The van der Waals surface area contributed by atoms with Crippen molar-refractivity contribution in [3.8, 4) is 17.0 Å². The lowest BCUT2D eigenvalue weighted by atomic mass is 10.1. The van der Waals surface area contributed by atoms with Gasteiger partial charge in [0, 0.05) is 13.1 Å². The third-order valence-electron chi connectivity index (χ3n) is 3.63. The minimum atomic E-state index is -0.303. The highest BCUT2D eigenvalue weighted by Gasteiger charge is 2.18. The van der Waals surface area contributed by atoms with Crippen molar-refractivity contribution >= 4 is 5.95 Å². The summed E-state index contributed by atoms with van der Waals surface area (Å²) in [6.45, 7) is 3.71. The SMILES string of the molecule is Cc1ccc(-c2c(O)nc(N3CCCC3)[nH]c2=O)cc1. The van der Waals surface area contributed by atoms with Crippen LogP contribution in [0.3, 0.4) is 0 Å². The van der Waals surface area contributed by atoms with Gasteiger partial charge in [0.2, 0.25) is 11.8 Å². The van der Waals surface area contributed by atoms with Crippen molar-refractivity contribution in [1.29, 1.82) is 0 Å². The molecule has 20 heavy (non-hydrogen) atoms. The maximum Gasteiger partial charge on any atom is 0.264 e. The molecule has 2 N–H and O–H groups in total. The van der Waals surface area contributed by atoms with Gasteiger partial charge in [-0.3, -0.25) is 9.78 Å². The number of aromatic hydroxyl groups is 1. The van der Waals surface area contributed by atoms with Gasteiger partial charge in [-0.15, -0.1) is 0 Å². The molecule has 2 aromatic rings. The Labute approximate surface area is 116 Å². The Morgan fingerprint density at radius 1 is 1.20 bits per heavy atom. The molecule has 0 saturated carbocycles. The molecule has 0 spiro atoms. The van der Waals surface area contributed by atoms with Crippen LogP contribution in [0.5, 0.6) is 5.88 Å². The molecule has 1 aliphatic heterocycles. The molecule has 5 heteroatoms. The van der Waals surface area contributed by atoms with Crippen molar-refractivity contribution in [2.75, 3.05) is 18.0 Å². The van der Waals surface area contributed by atoms with E-state index in [4.69, 9.17) is 0 Å². The Balaban J connectivity index is 2.04. The van der Waals surface area contributed by atoms with Crippen LogP contribution in [0.2, 0.25) is 0 Å². The fourth-order valence-corrected chi connectivity index (χ4v) is 2.51. The Morgan fingerprint density at radius 2 is 1.85 bits per heavy atom. The zero-order valence-corrected chi connectivity index (χ0v) is 11.4. The molecule has 3 rings (SSSR count). The molecule has 1 saturated heterocycles. The maximum atomic E-state index is 12.2. The van der Waals surface area contributed by atoms with E-state index in [2.05, 4.69) is 9.97 Å². The molecule has 0 aliphatic carbocycles. The first-order valence-corrected chi connectivity index (χ1v) is 6.80. The number of aromatic amines is 1. The summed E-state index contributed by atoms with van der Waals surface area (Å²) in [6.07, 6.45) is 2.17. The third kappa shape index (κ3) is 2.27. The largest absolute Gasteiger partial charge is 0.493 e. The van der Waals surface area contributed by atoms with E-state index < -0.39 is 0 Å². The number of aryl methyl sites for hydroxylation is 1. The van der Waals surface area contributed by atoms with E-state index in [1.807, 2.05) is 36.1 Å². The van der Waals surface area contributed by atoms with Crippen LogP contribution in [-0.4, -0.2) is 28.2 Å². The van der Waals surface area contributed by atoms with Gasteiger partial charge in [-0.05, 0) is 25.3 Å². The monoisotopic (exact) mass is 271 g/mol. The smallest absolute Gasteiger partial charge is 0.264 e. The number of rotatable bonds is 2. The van der Waals surface area contributed by atoms with Crippen LogP contribution < -0.4 is 10.5 Å². The first kappa shape index (κ1) is 12.7. The van der Waals surface area contributed by atoms with Crippen LogP contribution in [-0.2, 0) is 0 Å². The summed E-state index contributed by atoms with van der Waals surface area (Å²) in [7, 11) is 0. The van der Waals surface area contributed by atoms with Crippen molar-refractivity contribution < 1.29 is 5.11 Å². The van der Waals surface area contributed by atoms with Gasteiger partial charge in [0.1, 0.15) is 5.56 Å². The van der Waals surface area contributed by atoms with Gasteiger partial charge in [0.15, 0.2) is 0 Å². The Kier molecular flexibility index (Phi) is 3.18. The fourth-order valence-electron chi connectivity index (χ4n) is 2.51. The van der Waals surface area contributed by atoms with Crippen molar-refractivity contribution in [3.63, 3.8) is 0 Å². The summed E-state index contributed by atoms with van der Waals surface area (Å²) in [5.41, 5.74) is 1.71. The Bertz CT molecular complexity index is 671. The van der Waals surface area contributed by atoms with Gasteiger partial charge >= 0.3 is 0 Å². The number of H-pyrrole nitrogens is 1. The fraction of sp³-hybridized carbons (Fsp3) is 0.333. The van der Waals surface area contributed by atoms with Crippen LogP contribution in [0.15, 0.2) is 29.1 Å². The normalized spacial score (nSPS) is 14.8. The first-order valence-electron chi connectivity index (χ1n) is 6.80. The van der Waals surface area contributed by atoms with E-state index in [9.17, 15) is 9.90 Å². The van der Waals surface area contributed by atoms with Crippen LogP contribution >= 0.6 is 0 Å². The molecule has 1 aromatic carbocycles. The number of nitrogens with one attached hydrogen (secondary N) is 1. The minimum Gasteiger partial charge on any atom is -0.493 e. The molecule has 0 atom stereocenters. The lowest BCUT2D eigenvalue weighted by molar-refractivity contribution is 0.453. The van der Waals surface area contributed by atoms with E-state index in [1.165, 1.54) is 0 Å². The van der Waals surface area contributed by atoms with Crippen molar-refractivity contribution in [3.05, 3.63) is 40.2 Å². The molecule has 0 unspecified atom stereocenters. The quantitative estimate of drug-likeness (QED) is 0.877. The van der Waals surface area contributed by atoms with Crippen LogP contribution in [0.25, 0.3) is 11.1 Å². The van der Waals surface area contributed by atoms with E-state index in [0.29, 0.717) is 11.5 Å². The molecule has 104 valence electrons. The summed E-state index contributed by atoms with van der Waals surface area (Å²) in [4.78, 5) is 21.1. The van der Waals surface area contributed by atoms with Crippen LogP contribution in [0, 0.1) is 6.92 Å². The second kappa shape index (κ2) is 5.00. The maximum absolute atomic E-state index is 12.2. The topological polar surface area (TPSA) is 69.2 Å². The minimum absolute atomic E-state index is 0.209.